The van der Waals surface area contributed by atoms with Crippen LogP contribution in [-0.4, -0.2) is 30.5 Å². The smallest absolute Gasteiger partial charge is 0.251 e. The molecule has 2 N–H and O–H groups in total. The molecule has 2 aromatic carbocycles. The second kappa shape index (κ2) is 7.13. The molecule has 0 saturated carbocycles. The van der Waals surface area contributed by atoms with E-state index in [1.54, 1.807) is 18.3 Å². The van der Waals surface area contributed by atoms with E-state index in [2.05, 4.69) is 15.3 Å². The van der Waals surface area contributed by atoms with E-state index in [4.69, 9.17) is 0 Å². The fourth-order valence-electron chi connectivity index (χ4n) is 2.54. The average molecular weight is 369 g/mol. The van der Waals surface area contributed by atoms with Crippen LogP contribution in [0, 0.1) is 0 Å². The maximum Gasteiger partial charge on any atom is 0.251 e. The molecule has 0 radical (unpaired) electrons. The van der Waals surface area contributed by atoms with Crippen LogP contribution in [0.5, 0.6) is 0 Å². The monoisotopic (exact) mass is 369 g/mol. The van der Waals surface area contributed by atoms with Crippen LogP contribution in [0.1, 0.15) is 29.1 Å². The fraction of sp³-hybridized carbons (Fsp3) is 0.158. The molecule has 1 aromatic heterocycles. The summed E-state index contributed by atoms with van der Waals surface area (Å²) in [6, 6.07) is 15.4. The summed E-state index contributed by atoms with van der Waals surface area (Å²) in [4.78, 5) is 20.1. The third-order valence-corrected chi connectivity index (χ3v) is 5.07. The van der Waals surface area contributed by atoms with Gasteiger partial charge >= 0.3 is 0 Å². The number of imidazole rings is 1. The van der Waals surface area contributed by atoms with Gasteiger partial charge in [-0.05, 0) is 30.7 Å². The van der Waals surface area contributed by atoms with Gasteiger partial charge in [-0.25, -0.2) is 13.4 Å². The number of hydrogen-bond acceptors (Lipinski definition) is 4. The number of carbonyl (C=O) groups is 1. The van der Waals surface area contributed by atoms with Crippen LogP contribution in [0.4, 0.5) is 0 Å². The van der Waals surface area contributed by atoms with Gasteiger partial charge in [-0.3, -0.25) is 4.79 Å². The molecule has 0 bridgehead atoms. The number of nitrogens with one attached hydrogen (secondary N) is 2. The summed E-state index contributed by atoms with van der Waals surface area (Å²) in [5.41, 5.74) is 2.15. The zero-order chi connectivity index (χ0) is 18.7. The second-order valence-corrected chi connectivity index (χ2v) is 8.06. The maximum absolute atomic E-state index is 12.4. The Bertz CT molecular complexity index is 1030. The third kappa shape index (κ3) is 4.00. The Labute approximate surface area is 152 Å². The van der Waals surface area contributed by atoms with E-state index in [0.29, 0.717) is 5.82 Å². The summed E-state index contributed by atoms with van der Waals surface area (Å²) in [7, 11) is -3.37. The van der Waals surface area contributed by atoms with Crippen molar-refractivity contribution in [2.45, 2.75) is 17.9 Å². The van der Waals surface area contributed by atoms with E-state index in [1.165, 1.54) is 12.1 Å². The Balaban J connectivity index is 1.75. The fourth-order valence-corrected chi connectivity index (χ4v) is 3.20. The molecular formula is C19H19N3O3S. The van der Waals surface area contributed by atoms with Crippen LogP contribution in [-0.2, 0) is 9.84 Å². The molecule has 3 rings (SSSR count). The Hall–Kier alpha value is -2.93. The number of aromatic amines is 1. The van der Waals surface area contributed by atoms with E-state index in [9.17, 15) is 13.2 Å². The molecule has 7 heteroatoms. The number of H-pyrrole nitrogens is 1. The predicted octanol–water partition coefficient (Wildman–Crippen LogP) is 2.97. The lowest BCUT2D eigenvalue weighted by molar-refractivity contribution is 0.0938. The van der Waals surface area contributed by atoms with Crippen molar-refractivity contribution in [3.8, 4) is 11.3 Å². The molecule has 0 aliphatic rings. The van der Waals surface area contributed by atoms with Crippen molar-refractivity contribution < 1.29 is 13.2 Å². The molecule has 6 nitrogen and oxygen atoms in total. The number of benzene rings is 2. The van der Waals surface area contributed by atoms with Gasteiger partial charge in [0.15, 0.2) is 9.84 Å². The van der Waals surface area contributed by atoms with Crippen LogP contribution in [0.2, 0.25) is 0 Å². The zero-order valence-electron chi connectivity index (χ0n) is 14.4. The number of sulfone groups is 1. The minimum absolute atomic E-state index is 0.113. The molecule has 0 aliphatic heterocycles. The summed E-state index contributed by atoms with van der Waals surface area (Å²) in [5, 5.41) is 2.83. The highest BCUT2D eigenvalue weighted by molar-refractivity contribution is 7.90. The number of hydrogen-bond donors (Lipinski definition) is 2. The number of aromatic nitrogens is 2. The van der Waals surface area contributed by atoms with Crippen molar-refractivity contribution in [3.63, 3.8) is 0 Å². The molecular weight excluding hydrogens is 350 g/mol. The average Bonchev–Trinajstić information content (AvgIpc) is 3.12. The first kappa shape index (κ1) is 17.9. The molecule has 0 unspecified atom stereocenters. The van der Waals surface area contributed by atoms with Crippen molar-refractivity contribution in [2.75, 3.05) is 6.26 Å². The summed E-state index contributed by atoms with van der Waals surface area (Å²) in [6.07, 6.45) is 2.83. The summed E-state index contributed by atoms with van der Waals surface area (Å²) < 4.78 is 23.3. The predicted molar refractivity (Wildman–Crippen MR) is 99.5 cm³/mol. The van der Waals surface area contributed by atoms with Crippen molar-refractivity contribution in [1.82, 2.24) is 15.3 Å². The Morgan fingerprint density at radius 1 is 1.12 bits per heavy atom. The van der Waals surface area contributed by atoms with Crippen molar-refractivity contribution in [3.05, 3.63) is 72.2 Å². The van der Waals surface area contributed by atoms with E-state index >= 15 is 0 Å². The molecule has 1 amide bonds. The van der Waals surface area contributed by atoms with E-state index in [0.717, 1.165) is 17.5 Å². The molecule has 0 saturated heterocycles. The Kier molecular flexibility index (Phi) is 4.90. The van der Waals surface area contributed by atoms with Gasteiger partial charge in [0.2, 0.25) is 0 Å². The summed E-state index contributed by atoms with van der Waals surface area (Å²) >= 11 is 0. The SMILES string of the molecule is C[C@@H](NC(=O)c1cccc(S(C)(=O)=O)c1)c1ncc(-c2ccccc2)[nH]1. The van der Waals surface area contributed by atoms with Gasteiger partial charge in [-0.2, -0.15) is 0 Å². The van der Waals surface area contributed by atoms with Crippen molar-refractivity contribution >= 4 is 15.7 Å². The normalized spacial score (nSPS) is 12.5. The number of rotatable bonds is 5. The van der Waals surface area contributed by atoms with Gasteiger partial charge in [0.25, 0.3) is 5.91 Å². The molecule has 0 fully saturated rings. The largest absolute Gasteiger partial charge is 0.342 e. The van der Waals surface area contributed by atoms with E-state index < -0.39 is 9.84 Å². The standard InChI is InChI=1S/C19H19N3O3S/c1-13(18-20-12-17(22-18)14-7-4-3-5-8-14)21-19(23)15-9-6-10-16(11-15)26(2,24)25/h3-13H,1-2H3,(H,20,22)(H,21,23)/t13-/m1/s1. The molecule has 26 heavy (non-hydrogen) atoms. The molecule has 134 valence electrons. The first-order valence-electron chi connectivity index (χ1n) is 8.06. The van der Waals surface area contributed by atoms with Gasteiger partial charge in [0.1, 0.15) is 5.82 Å². The highest BCUT2D eigenvalue weighted by atomic mass is 32.2. The number of nitrogens with zero attached hydrogens (tertiary/aromatic N) is 1. The molecule has 1 heterocycles. The van der Waals surface area contributed by atoms with Gasteiger partial charge in [-0.1, -0.05) is 36.4 Å². The lowest BCUT2D eigenvalue weighted by atomic mass is 10.2. The highest BCUT2D eigenvalue weighted by Crippen LogP contribution is 2.19. The molecule has 1 atom stereocenters. The molecule has 0 aliphatic carbocycles. The maximum atomic E-state index is 12.4. The minimum Gasteiger partial charge on any atom is -0.342 e. The highest BCUT2D eigenvalue weighted by Gasteiger charge is 2.16. The van der Waals surface area contributed by atoms with Crippen molar-refractivity contribution in [1.29, 1.82) is 0 Å². The van der Waals surface area contributed by atoms with E-state index in [-0.39, 0.29) is 22.4 Å². The number of carbonyl (C=O) groups excluding carboxylic acids is 1. The van der Waals surface area contributed by atoms with Gasteiger partial charge < -0.3 is 10.3 Å². The first-order chi connectivity index (χ1) is 12.3. The topological polar surface area (TPSA) is 91.9 Å². The lowest BCUT2D eigenvalue weighted by Gasteiger charge is -2.12. The van der Waals surface area contributed by atoms with Crippen LogP contribution < -0.4 is 5.32 Å². The third-order valence-electron chi connectivity index (χ3n) is 3.96. The number of amides is 1. The summed E-state index contributed by atoms with van der Waals surface area (Å²) in [5.74, 6) is 0.261. The van der Waals surface area contributed by atoms with Crippen molar-refractivity contribution in [2.24, 2.45) is 0 Å². The molecule has 3 aromatic rings. The van der Waals surface area contributed by atoms with Crippen LogP contribution in [0.3, 0.4) is 0 Å². The van der Waals surface area contributed by atoms with Crippen LogP contribution in [0.25, 0.3) is 11.3 Å². The first-order valence-corrected chi connectivity index (χ1v) is 9.95. The lowest BCUT2D eigenvalue weighted by Crippen LogP contribution is -2.27. The van der Waals surface area contributed by atoms with Crippen LogP contribution in [0.15, 0.2) is 65.7 Å². The quantitative estimate of drug-likeness (QED) is 0.723. The summed E-state index contributed by atoms with van der Waals surface area (Å²) in [6.45, 7) is 1.81. The Morgan fingerprint density at radius 2 is 1.85 bits per heavy atom. The Morgan fingerprint density at radius 3 is 2.54 bits per heavy atom. The van der Waals surface area contributed by atoms with Gasteiger partial charge in [0, 0.05) is 11.8 Å². The van der Waals surface area contributed by atoms with Gasteiger partial charge in [0.05, 0.1) is 22.8 Å². The van der Waals surface area contributed by atoms with Crippen LogP contribution >= 0.6 is 0 Å². The zero-order valence-corrected chi connectivity index (χ0v) is 15.2. The van der Waals surface area contributed by atoms with E-state index in [1.807, 2.05) is 37.3 Å². The second-order valence-electron chi connectivity index (χ2n) is 6.04. The van der Waals surface area contributed by atoms with Gasteiger partial charge in [-0.15, -0.1) is 0 Å². The minimum atomic E-state index is -3.37. The molecule has 0 spiro atoms.